The molecule has 1 aromatic rings. The first-order chi connectivity index (χ1) is 9.24. The summed E-state index contributed by atoms with van der Waals surface area (Å²) in [5, 5.41) is 0. The monoisotopic (exact) mass is 307 g/mol. The van der Waals surface area contributed by atoms with Crippen LogP contribution in [0, 0.1) is 0 Å². The van der Waals surface area contributed by atoms with Crippen LogP contribution < -0.4 is 5.73 Å². The molecule has 0 saturated heterocycles. The molecule has 2 N–H and O–H groups in total. The summed E-state index contributed by atoms with van der Waals surface area (Å²) in [6.07, 6.45) is -1.06. The molecule has 0 heterocycles. The molecule has 0 saturated carbocycles. The van der Waals surface area contributed by atoms with Crippen molar-refractivity contribution in [3.05, 3.63) is 41.5 Å². The fourth-order valence-electron chi connectivity index (χ4n) is 1.50. The van der Waals surface area contributed by atoms with Crippen LogP contribution in [0.15, 0.2) is 30.3 Å². The Labute approximate surface area is 116 Å². The van der Waals surface area contributed by atoms with Crippen molar-refractivity contribution in [2.45, 2.75) is 12.6 Å². The Kier molecular flexibility index (Phi) is 5.76. The number of hydrogen-bond donors (Lipinski definition) is 1. The molecule has 3 nitrogen and oxygen atoms in total. The number of sulfone groups is 1. The first-order valence-electron chi connectivity index (χ1n) is 5.99. The van der Waals surface area contributed by atoms with Crippen molar-refractivity contribution in [2.24, 2.45) is 5.73 Å². The quantitative estimate of drug-likeness (QED) is 0.878. The Balaban J connectivity index is 2.63. The molecule has 0 radical (unpaired) electrons. The summed E-state index contributed by atoms with van der Waals surface area (Å²) in [5.74, 6) is -0.130. The molecule has 0 fully saturated rings. The maximum Gasteiger partial charge on any atom is 0.416 e. The minimum atomic E-state index is -4.37. The average Bonchev–Trinajstić information content (AvgIpc) is 2.36. The van der Waals surface area contributed by atoms with Crippen molar-refractivity contribution in [1.82, 2.24) is 0 Å². The lowest BCUT2D eigenvalue weighted by molar-refractivity contribution is -0.137. The normalized spacial score (nSPS) is 13.0. The Morgan fingerprint density at radius 3 is 2.25 bits per heavy atom. The molecule has 0 aliphatic carbocycles. The predicted molar refractivity (Wildman–Crippen MR) is 72.8 cm³/mol. The molecule has 0 aliphatic heterocycles. The molecular weight excluding hydrogens is 291 g/mol. The van der Waals surface area contributed by atoms with Crippen LogP contribution in [0.2, 0.25) is 0 Å². The highest BCUT2D eigenvalue weighted by atomic mass is 32.2. The molecule has 0 atom stereocenters. The third-order valence-electron chi connectivity index (χ3n) is 2.56. The molecule has 0 aliphatic rings. The Morgan fingerprint density at radius 2 is 1.75 bits per heavy atom. The summed E-state index contributed by atoms with van der Waals surface area (Å²) < 4.78 is 60.0. The predicted octanol–water partition coefficient (Wildman–Crippen LogP) is 2.48. The van der Waals surface area contributed by atoms with Crippen LogP contribution in [0.5, 0.6) is 0 Å². The van der Waals surface area contributed by atoms with Crippen LogP contribution >= 0.6 is 0 Å². The van der Waals surface area contributed by atoms with Crippen molar-refractivity contribution < 1.29 is 21.6 Å². The lowest BCUT2D eigenvalue weighted by Gasteiger charge is -2.05. The summed E-state index contributed by atoms with van der Waals surface area (Å²) >= 11 is 0. The third kappa shape index (κ3) is 5.75. The summed E-state index contributed by atoms with van der Waals surface area (Å²) in [5.41, 5.74) is 5.02. The van der Waals surface area contributed by atoms with Crippen molar-refractivity contribution in [1.29, 1.82) is 0 Å². The van der Waals surface area contributed by atoms with E-state index < -0.39 is 21.6 Å². The first-order valence-corrected chi connectivity index (χ1v) is 7.81. The summed E-state index contributed by atoms with van der Waals surface area (Å²) in [6.45, 7) is 0.307. The van der Waals surface area contributed by atoms with Gasteiger partial charge in [-0.2, -0.15) is 13.2 Å². The van der Waals surface area contributed by atoms with Crippen LogP contribution in [0.1, 0.15) is 17.5 Å². The van der Waals surface area contributed by atoms with Crippen molar-refractivity contribution >= 4 is 15.9 Å². The zero-order chi connectivity index (χ0) is 15.2. The number of hydrogen-bond acceptors (Lipinski definition) is 3. The van der Waals surface area contributed by atoms with Crippen LogP contribution in [-0.2, 0) is 16.0 Å². The Bertz CT molecular complexity index is 548. The number of alkyl halides is 3. The molecule has 20 heavy (non-hydrogen) atoms. The van der Waals surface area contributed by atoms with E-state index in [2.05, 4.69) is 0 Å². The topological polar surface area (TPSA) is 60.2 Å². The molecule has 0 unspecified atom stereocenters. The molecule has 1 rings (SSSR count). The van der Waals surface area contributed by atoms with E-state index in [4.69, 9.17) is 5.73 Å². The molecular formula is C13H16F3NO2S. The maximum atomic E-state index is 12.3. The van der Waals surface area contributed by atoms with Crippen molar-refractivity contribution in [2.75, 3.05) is 18.1 Å². The van der Waals surface area contributed by atoms with E-state index in [-0.39, 0.29) is 11.5 Å². The van der Waals surface area contributed by atoms with Gasteiger partial charge in [-0.25, -0.2) is 8.42 Å². The van der Waals surface area contributed by atoms with Gasteiger partial charge in [-0.3, -0.25) is 0 Å². The van der Waals surface area contributed by atoms with Gasteiger partial charge in [0, 0.05) is 0 Å². The number of halogens is 3. The third-order valence-corrected chi connectivity index (χ3v) is 4.17. The van der Waals surface area contributed by atoms with Gasteiger partial charge in [-0.1, -0.05) is 24.3 Å². The molecule has 0 bridgehead atoms. The lowest BCUT2D eigenvalue weighted by atomic mass is 10.1. The second kappa shape index (κ2) is 6.90. The van der Waals surface area contributed by atoms with Gasteiger partial charge in [0.25, 0.3) is 0 Å². The second-order valence-electron chi connectivity index (χ2n) is 4.28. The van der Waals surface area contributed by atoms with E-state index in [1.165, 1.54) is 24.3 Å². The molecule has 0 amide bonds. The zero-order valence-corrected chi connectivity index (χ0v) is 11.5. The van der Waals surface area contributed by atoms with Gasteiger partial charge in [0.05, 0.1) is 17.1 Å². The van der Waals surface area contributed by atoms with E-state index in [1.54, 1.807) is 0 Å². The Morgan fingerprint density at radius 1 is 1.15 bits per heavy atom. The molecule has 7 heteroatoms. The van der Waals surface area contributed by atoms with E-state index in [0.717, 1.165) is 12.1 Å². The standard InChI is InChI=1S/C13H16F3NO2S/c14-13(15,16)12-6-4-11(5-7-12)3-1-9-20(18,19)10-2-8-17/h1,3-7H,2,8-10,17H2. The first kappa shape index (κ1) is 16.7. The van der Waals surface area contributed by atoms with Gasteiger partial charge in [-0.05, 0) is 30.7 Å². The van der Waals surface area contributed by atoms with Gasteiger partial charge >= 0.3 is 6.18 Å². The minimum absolute atomic E-state index is 0.0147. The fraction of sp³-hybridized carbons (Fsp3) is 0.385. The maximum absolute atomic E-state index is 12.3. The van der Waals surface area contributed by atoms with Crippen LogP contribution in [0.25, 0.3) is 6.08 Å². The second-order valence-corrected chi connectivity index (χ2v) is 6.51. The highest BCUT2D eigenvalue weighted by Crippen LogP contribution is 2.29. The minimum Gasteiger partial charge on any atom is -0.330 e. The highest BCUT2D eigenvalue weighted by Gasteiger charge is 2.29. The van der Waals surface area contributed by atoms with Gasteiger partial charge < -0.3 is 5.73 Å². The van der Waals surface area contributed by atoms with Crippen molar-refractivity contribution in [3.8, 4) is 0 Å². The lowest BCUT2D eigenvalue weighted by Crippen LogP contribution is -2.13. The molecule has 0 aromatic heterocycles. The van der Waals surface area contributed by atoms with Crippen LogP contribution in [-0.4, -0.2) is 26.5 Å². The summed E-state index contributed by atoms with van der Waals surface area (Å²) in [6, 6.07) is 4.52. The van der Waals surface area contributed by atoms with Crippen LogP contribution in [0.3, 0.4) is 0 Å². The highest BCUT2D eigenvalue weighted by molar-refractivity contribution is 7.91. The van der Waals surface area contributed by atoms with Gasteiger partial charge in [0.2, 0.25) is 0 Å². The van der Waals surface area contributed by atoms with E-state index >= 15 is 0 Å². The molecule has 1 aromatic carbocycles. The SMILES string of the molecule is NCCCS(=O)(=O)CC=Cc1ccc(C(F)(F)F)cc1. The smallest absolute Gasteiger partial charge is 0.330 e. The summed E-state index contributed by atoms with van der Waals surface area (Å²) in [7, 11) is -3.19. The fourth-order valence-corrected chi connectivity index (χ4v) is 2.66. The van der Waals surface area contributed by atoms with Gasteiger partial charge in [-0.15, -0.1) is 0 Å². The largest absolute Gasteiger partial charge is 0.416 e. The van der Waals surface area contributed by atoms with E-state index in [1.807, 2.05) is 0 Å². The van der Waals surface area contributed by atoms with Crippen LogP contribution in [0.4, 0.5) is 13.2 Å². The molecule has 112 valence electrons. The average molecular weight is 307 g/mol. The molecule has 0 spiro atoms. The van der Waals surface area contributed by atoms with E-state index in [9.17, 15) is 21.6 Å². The Hall–Kier alpha value is -1.34. The summed E-state index contributed by atoms with van der Waals surface area (Å²) in [4.78, 5) is 0. The van der Waals surface area contributed by atoms with E-state index in [0.29, 0.717) is 18.5 Å². The van der Waals surface area contributed by atoms with Crippen molar-refractivity contribution in [3.63, 3.8) is 0 Å². The van der Waals surface area contributed by atoms with Gasteiger partial charge in [0.15, 0.2) is 9.84 Å². The zero-order valence-electron chi connectivity index (χ0n) is 10.7. The number of rotatable bonds is 6. The van der Waals surface area contributed by atoms with Gasteiger partial charge in [0.1, 0.15) is 0 Å². The number of benzene rings is 1. The number of nitrogens with two attached hydrogens (primary N) is 1.